The average Bonchev–Trinajstić information content (AvgIpc) is 2.72. The zero-order valence-electron chi connectivity index (χ0n) is 17.7. The van der Waals surface area contributed by atoms with Gasteiger partial charge in [-0.15, -0.1) is 0 Å². The molecule has 0 radical (unpaired) electrons. The van der Waals surface area contributed by atoms with Crippen LogP contribution in [0.25, 0.3) is 11.1 Å². The number of halogens is 1. The Bertz CT molecular complexity index is 1250. The van der Waals surface area contributed by atoms with Crippen LogP contribution in [-0.2, 0) is 27.7 Å². The SMILES string of the molecule is CC(N)c1cccc(-c2cc(COc3ccccc3CC(=O)O)cc(S(C)(=O)=O)c2)c1F. The molecule has 3 N–H and O–H groups in total. The molecule has 1 unspecified atom stereocenters. The number of hydrogen-bond acceptors (Lipinski definition) is 5. The monoisotopic (exact) mass is 457 g/mol. The van der Waals surface area contributed by atoms with E-state index in [-0.39, 0.29) is 23.5 Å². The predicted octanol–water partition coefficient (Wildman–Crippen LogP) is 4.12. The van der Waals surface area contributed by atoms with Gasteiger partial charge in [0.1, 0.15) is 18.2 Å². The van der Waals surface area contributed by atoms with Gasteiger partial charge in [-0.25, -0.2) is 12.8 Å². The normalized spacial score (nSPS) is 12.4. The third-order valence-electron chi connectivity index (χ3n) is 4.93. The number of para-hydroxylation sites is 1. The summed E-state index contributed by atoms with van der Waals surface area (Å²) >= 11 is 0. The fourth-order valence-corrected chi connectivity index (χ4v) is 4.06. The van der Waals surface area contributed by atoms with Gasteiger partial charge in [0.2, 0.25) is 0 Å². The highest BCUT2D eigenvalue weighted by molar-refractivity contribution is 7.90. The summed E-state index contributed by atoms with van der Waals surface area (Å²) in [6.45, 7) is 1.64. The molecule has 3 aromatic carbocycles. The maximum Gasteiger partial charge on any atom is 0.307 e. The molecular formula is C24H24FNO5S. The van der Waals surface area contributed by atoms with Gasteiger partial charge < -0.3 is 15.6 Å². The highest BCUT2D eigenvalue weighted by atomic mass is 32.2. The average molecular weight is 458 g/mol. The number of ether oxygens (including phenoxy) is 1. The molecule has 0 fully saturated rings. The summed E-state index contributed by atoms with van der Waals surface area (Å²) in [5.41, 5.74) is 7.79. The molecule has 0 amide bonds. The van der Waals surface area contributed by atoms with Gasteiger partial charge in [0, 0.05) is 29.0 Å². The van der Waals surface area contributed by atoms with Crippen LogP contribution in [0.4, 0.5) is 4.39 Å². The molecule has 6 nitrogen and oxygen atoms in total. The fraction of sp³-hybridized carbons (Fsp3) is 0.208. The van der Waals surface area contributed by atoms with Gasteiger partial charge in [0.05, 0.1) is 11.3 Å². The summed E-state index contributed by atoms with van der Waals surface area (Å²) in [6.07, 6.45) is 0.869. The van der Waals surface area contributed by atoms with Crippen LogP contribution in [0, 0.1) is 5.82 Å². The van der Waals surface area contributed by atoms with Crippen molar-refractivity contribution in [3.63, 3.8) is 0 Å². The summed E-state index contributed by atoms with van der Waals surface area (Å²) in [5.74, 6) is -1.12. The predicted molar refractivity (Wildman–Crippen MR) is 120 cm³/mol. The Labute approximate surface area is 186 Å². The molecule has 8 heteroatoms. The van der Waals surface area contributed by atoms with Crippen LogP contribution in [0.5, 0.6) is 5.75 Å². The van der Waals surface area contributed by atoms with Crippen molar-refractivity contribution in [2.75, 3.05) is 6.26 Å². The molecule has 0 spiro atoms. The third kappa shape index (κ3) is 5.52. The first kappa shape index (κ1) is 23.4. The Kier molecular flexibility index (Phi) is 6.96. The summed E-state index contributed by atoms with van der Waals surface area (Å²) in [7, 11) is -3.58. The molecule has 0 saturated carbocycles. The zero-order valence-corrected chi connectivity index (χ0v) is 18.5. The Morgan fingerprint density at radius 1 is 1.12 bits per heavy atom. The van der Waals surface area contributed by atoms with Crippen molar-refractivity contribution in [3.05, 3.63) is 83.2 Å². The van der Waals surface area contributed by atoms with Gasteiger partial charge in [0.15, 0.2) is 9.84 Å². The highest BCUT2D eigenvalue weighted by Crippen LogP contribution is 2.31. The van der Waals surface area contributed by atoms with E-state index in [0.29, 0.717) is 28.0 Å². The number of benzene rings is 3. The molecule has 0 bridgehead atoms. The summed E-state index contributed by atoms with van der Waals surface area (Å²) in [5, 5.41) is 9.09. The zero-order chi connectivity index (χ0) is 23.5. The molecule has 0 heterocycles. The van der Waals surface area contributed by atoms with Gasteiger partial charge in [-0.2, -0.15) is 0 Å². The van der Waals surface area contributed by atoms with Gasteiger partial charge in [-0.05, 0) is 42.3 Å². The number of nitrogens with two attached hydrogens (primary N) is 1. The molecule has 1 atom stereocenters. The third-order valence-corrected chi connectivity index (χ3v) is 6.03. The van der Waals surface area contributed by atoms with Crippen LogP contribution in [0.2, 0.25) is 0 Å². The number of sulfone groups is 1. The van der Waals surface area contributed by atoms with E-state index in [0.717, 1.165) is 6.26 Å². The van der Waals surface area contributed by atoms with Crippen molar-refractivity contribution in [3.8, 4) is 16.9 Å². The second kappa shape index (κ2) is 9.50. The van der Waals surface area contributed by atoms with Gasteiger partial charge >= 0.3 is 5.97 Å². The second-order valence-corrected chi connectivity index (χ2v) is 9.62. The highest BCUT2D eigenvalue weighted by Gasteiger charge is 2.17. The summed E-state index contributed by atoms with van der Waals surface area (Å²) in [6, 6.07) is 15.6. The van der Waals surface area contributed by atoms with Crippen molar-refractivity contribution in [2.24, 2.45) is 5.73 Å². The Balaban J connectivity index is 2.02. The van der Waals surface area contributed by atoms with Crippen LogP contribution in [0.3, 0.4) is 0 Å². The number of carboxylic acids is 1. The number of carboxylic acid groups (broad SMARTS) is 1. The Morgan fingerprint density at radius 2 is 1.84 bits per heavy atom. The molecule has 0 aromatic heterocycles. The maximum atomic E-state index is 15.1. The van der Waals surface area contributed by atoms with Crippen molar-refractivity contribution >= 4 is 15.8 Å². The second-order valence-electron chi connectivity index (χ2n) is 7.60. The standard InChI is InChI=1S/C24H24FNO5S/c1-15(26)20-7-5-8-21(24(20)25)18-10-16(11-19(12-18)32(2,29)30)14-31-22-9-4-3-6-17(22)13-23(27)28/h3-12,15H,13-14,26H2,1-2H3,(H,27,28). The lowest BCUT2D eigenvalue weighted by atomic mass is 9.98. The molecule has 32 heavy (non-hydrogen) atoms. The number of hydrogen-bond donors (Lipinski definition) is 2. The minimum Gasteiger partial charge on any atom is -0.489 e. The number of aliphatic carboxylic acids is 1. The van der Waals surface area contributed by atoms with Crippen LogP contribution in [-0.4, -0.2) is 25.7 Å². The smallest absolute Gasteiger partial charge is 0.307 e. The lowest BCUT2D eigenvalue weighted by Gasteiger charge is -2.15. The minimum atomic E-state index is -3.58. The van der Waals surface area contributed by atoms with Crippen LogP contribution in [0.1, 0.15) is 29.7 Å². The molecule has 3 aromatic rings. The Hall–Kier alpha value is -3.23. The lowest BCUT2D eigenvalue weighted by molar-refractivity contribution is -0.136. The van der Waals surface area contributed by atoms with E-state index in [4.69, 9.17) is 15.6 Å². The van der Waals surface area contributed by atoms with E-state index in [9.17, 15) is 13.2 Å². The van der Waals surface area contributed by atoms with Crippen molar-refractivity contribution in [1.82, 2.24) is 0 Å². The van der Waals surface area contributed by atoms with E-state index in [1.807, 2.05) is 0 Å². The number of carbonyl (C=O) groups is 1. The van der Waals surface area contributed by atoms with Crippen LogP contribution >= 0.6 is 0 Å². The summed E-state index contributed by atoms with van der Waals surface area (Å²) < 4.78 is 45.4. The largest absolute Gasteiger partial charge is 0.489 e. The van der Waals surface area contributed by atoms with E-state index in [1.54, 1.807) is 55.5 Å². The summed E-state index contributed by atoms with van der Waals surface area (Å²) in [4.78, 5) is 11.1. The quantitative estimate of drug-likeness (QED) is 0.527. The van der Waals surface area contributed by atoms with Crippen molar-refractivity contribution < 1.29 is 27.4 Å². The van der Waals surface area contributed by atoms with Crippen LogP contribution in [0.15, 0.2) is 65.6 Å². The maximum absolute atomic E-state index is 15.1. The first-order chi connectivity index (χ1) is 15.1. The molecule has 0 aliphatic rings. The van der Waals surface area contributed by atoms with E-state index in [1.165, 1.54) is 12.1 Å². The van der Waals surface area contributed by atoms with Gasteiger partial charge in [0.25, 0.3) is 0 Å². The van der Waals surface area contributed by atoms with E-state index in [2.05, 4.69) is 0 Å². The molecule has 168 valence electrons. The topological polar surface area (TPSA) is 107 Å². The minimum absolute atomic E-state index is 0.0259. The first-order valence-corrected chi connectivity index (χ1v) is 11.8. The molecule has 0 saturated heterocycles. The van der Waals surface area contributed by atoms with E-state index < -0.39 is 27.7 Å². The van der Waals surface area contributed by atoms with E-state index >= 15 is 4.39 Å². The first-order valence-electron chi connectivity index (χ1n) is 9.87. The lowest BCUT2D eigenvalue weighted by Crippen LogP contribution is -2.08. The molecule has 0 aliphatic carbocycles. The molecule has 3 rings (SSSR count). The Morgan fingerprint density at radius 3 is 2.50 bits per heavy atom. The molecule has 0 aliphatic heterocycles. The van der Waals surface area contributed by atoms with Crippen molar-refractivity contribution in [1.29, 1.82) is 0 Å². The van der Waals surface area contributed by atoms with Crippen molar-refractivity contribution in [2.45, 2.75) is 30.9 Å². The fourth-order valence-electron chi connectivity index (χ4n) is 3.35. The van der Waals surface area contributed by atoms with Gasteiger partial charge in [-0.3, -0.25) is 4.79 Å². The van der Waals surface area contributed by atoms with Gasteiger partial charge in [-0.1, -0.05) is 36.4 Å². The van der Waals surface area contributed by atoms with Crippen LogP contribution < -0.4 is 10.5 Å². The molecular weight excluding hydrogens is 433 g/mol. The number of rotatable bonds is 8.